The third-order valence-corrected chi connectivity index (χ3v) is 7.46. The smallest absolute Gasteiger partial charge is 0.265 e. The summed E-state index contributed by atoms with van der Waals surface area (Å²) in [6, 6.07) is 5.61. The molecule has 1 N–H and O–H groups in total. The van der Waals surface area contributed by atoms with Crippen LogP contribution >= 0.6 is 0 Å². The van der Waals surface area contributed by atoms with E-state index in [-0.39, 0.29) is 11.4 Å². The zero-order chi connectivity index (χ0) is 21.6. The van der Waals surface area contributed by atoms with Gasteiger partial charge in [0.2, 0.25) is 15.9 Å². The second-order valence-corrected chi connectivity index (χ2v) is 9.86. The fraction of sp³-hybridized carbons (Fsp3) is 0.235. The third-order valence-electron chi connectivity index (χ3n) is 4.21. The number of amides is 1. The minimum absolute atomic E-state index is 0.166. The Balaban J connectivity index is 2.09. The third kappa shape index (κ3) is 3.90. The summed E-state index contributed by atoms with van der Waals surface area (Å²) in [5.41, 5.74) is -0.711. The average Bonchev–Trinajstić information content (AvgIpc) is 2.84. The van der Waals surface area contributed by atoms with Crippen LogP contribution in [0.5, 0.6) is 5.75 Å². The molecule has 0 aromatic heterocycles. The Labute approximate surface area is 166 Å². The van der Waals surface area contributed by atoms with Crippen LogP contribution in [0.1, 0.15) is 6.92 Å². The quantitative estimate of drug-likeness (QED) is 0.753. The van der Waals surface area contributed by atoms with Crippen LogP contribution in [-0.4, -0.2) is 35.6 Å². The average molecular weight is 446 g/mol. The summed E-state index contributed by atoms with van der Waals surface area (Å²) in [6.07, 6.45) is 0. The first kappa shape index (κ1) is 21.0. The Hall–Kier alpha value is -2.73. The van der Waals surface area contributed by atoms with Crippen molar-refractivity contribution in [2.45, 2.75) is 11.8 Å². The highest BCUT2D eigenvalue weighted by Gasteiger charge is 2.42. The van der Waals surface area contributed by atoms with E-state index < -0.39 is 59.8 Å². The molecule has 0 saturated carbocycles. The molecule has 1 saturated heterocycles. The van der Waals surface area contributed by atoms with Crippen molar-refractivity contribution >= 4 is 37.3 Å². The Morgan fingerprint density at radius 3 is 2.41 bits per heavy atom. The number of anilines is 2. The maximum Gasteiger partial charge on any atom is 0.265 e. The molecular weight excluding hydrogens is 430 g/mol. The zero-order valence-electron chi connectivity index (χ0n) is 15.2. The molecular formula is C17H16F2N2O6S2. The van der Waals surface area contributed by atoms with E-state index in [4.69, 9.17) is 4.74 Å². The van der Waals surface area contributed by atoms with E-state index in [1.54, 1.807) is 0 Å². The normalized spacial score (nSPS) is 18.7. The predicted molar refractivity (Wildman–Crippen MR) is 101 cm³/mol. The van der Waals surface area contributed by atoms with Gasteiger partial charge in [-0.1, -0.05) is 6.92 Å². The van der Waals surface area contributed by atoms with E-state index in [0.29, 0.717) is 10.4 Å². The van der Waals surface area contributed by atoms with Crippen molar-refractivity contribution in [2.75, 3.05) is 21.9 Å². The van der Waals surface area contributed by atoms with Crippen LogP contribution in [0.15, 0.2) is 41.3 Å². The van der Waals surface area contributed by atoms with E-state index >= 15 is 0 Å². The van der Waals surface area contributed by atoms with Crippen LogP contribution < -0.4 is 13.8 Å². The Morgan fingerprint density at radius 1 is 1.17 bits per heavy atom. The summed E-state index contributed by atoms with van der Waals surface area (Å²) in [4.78, 5) is 11.7. The molecule has 1 fully saturated rings. The maximum absolute atomic E-state index is 13.9. The van der Waals surface area contributed by atoms with Crippen molar-refractivity contribution < 1.29 is 35.1 Å². The molecule has 1 atom stereocenters. The summed E-state index contributed by atoms with van der Waals surface area (Å²) < 4.78 is 84.6. The molecule has 156 valence electrons. The Morgan fingerprint density at radius 2 is 1.86 bits per heavy atom. The lowest BCUT2D eigenvalue weighted by atomic mass is 10.2. The summed E-state index contributed by atoms with van der Waals surface area (Å²) >= 11 is 0. The number of methoxy groups -OCH3 is 1. The van der Waals surface area contributed by atoms with Crippen LogP contribution in [0.3, 0.4) is 0 Å². The van der Waals surface area contributed by atoms with Gasteiger partial charge in [-0.2, -0.15) is 0 Å². The predicted octanol–water partition coefficient (Wildman–Crippen LogP) is 2.09. The number of rotatable bonds is 5. The first-order chi connectivity index (χ1) is 13.5. The first-order valence-electron chi connectivity index (χ1n) is 8.19. The van der Waals surface area contributed by atoms with Crippen molar-refractivity contribution in [1.29, 1.82) is 0 Å². The van der Waals surface area contributed by atoms with Gasteiger partial charge < -0.3 is 4.74 Å². The van der Waals surface area contributed by atoms with Gasteiger partial charge in [0.15, 0.2) is 0 Å². The SMILES string of the molecule is COc1ccc(N2C(=O)C(C)CS2(=O)=O)cc1S(=O)(=O)Nc1ccc(F)cc1F. The fourth-order valence-corrected chi connectivity index (χ4v) is 5.93. The number of benzene rings is 2. The molecule has 0 bridgehead atoms. The molecule has 1 unspecified atom stereocenters. The van der Waals surface area contributed by atoms with Gasteiger partial charge in [0.1, 0.15) is 22.3 Å². The number of nitrogens with zero attached hydrogens (tertiary/aromatic N) is 1. The van der Waals surface area contributed by atoms with E-state index in [2.05, 4.69) is 0 Å². The molecule has 1 aliphatic rings. The largest absolute Gasteiger partial charge is 0.495 e. The van der Waals surface area contributed by atoms with E-state index in [1.807, 2.05) is 4.72 Å². The Bertz CT molecular complexity index is 1200. The summed E-state index contributed by atoms with van der Waals surface area (Å²) in [7, 11) is -7.26. The number of nitrogens with one attached hydrogen (secondary N) is 1. The molecule has 1 heterocycles. The van der Waals surface area contributed by atoms with Crippen molar-refractivity contribution in [3.8, 4) is 5.75 Å². The second-order valence-electron chi connectivity index (χ2n) is 6.35. The molecule has 2 aromatic rings. The number of carbonyl (C=O) groups excluding carboxylic acids is 1. The number of sulfonamides is 2. The van der Waals surface area contributed by atoms with Crippen molar-refractivity contribution in [2.24, 2.45) is 5.92 Å². The van der Waals surface area contributed by atoms with E-state index in [9.17, 15) is 30.4 Å². The van der Waals surface area contributed by atoms with Gasteiger partial charge in [-0.05, 0) is 30.3 Å². The van der Waals surface area contributed by atoms with E-state index in [1.165, 1.54) is 26.2 Å². The van der Waals surface area contributed by atoms with Gasteiger partial charge in [-0.15, -0.1) is 0 Å². The molecule has 8 nitrogen and oxygen atoms in total. The molecule has 0 spiro atoms. The number of carbonyl (C=O) groups is 1. The van der Waals surface area contributed by atoms with Crippen molar-refractivity contribution in [3.05, 3.63) is 48.0 Å². The van der Waals surface area contributed by atoms with Crippen LogP contribution in [-0.2, 0) is 24.8 Å². The lowest BCUT2D eigenvalue weighted by Crippen LogP contribution is -2.30. The number of halogens is 2. The van der Waals surface area contributed by atoms with Gasteiger partial charge in [0.25, 0.3) is 10.0 Å². The molecule has 1 aliphatic heterocycles. The zero-order valence-corrected chi connectivity index (χ0v) is 16.9. The molecule has 29 heavy (non-hydrogen) atoms. The molecule has 3 rings (SSSR count). The van der Waals surface area contributed by atoms with Crippen LogP contribution in [0.4, 0.5) is 20.2 Å². The summed E-state index contributed by atoms with van der Waals surface area (Å²) in [5.74, 6) is -4.09. The number of ether oxygens (including phenoxy) is 1. The second kappa shape index (κ2) is 7.26. The van der Waals surface area contributed by atoms with Crippen LogP contribution in [0.25, 0.3) is 0 Å². The lowest BCUT2D eigenvalue weighted by molar-refractivity contribution is -0.119. The molecule has 0 radical (unpaired) electrons. The Kier molecular flexibility index (Phi) is 5.26. The fourth-order valence-electron chi connectivity index (χ4n) is 2.86. The highest BCUT2D eigenvalue weighted by atomic mass is 32.2. The van der Waals surface area contributed by atoms with Gasteiger partial charge in [0, 0.05) is 6.07 Å². The minimum Gasteiger partial charge on any atom is -0.495 e. The van der Waals surface area contributed by atoms with Gasteiger partial charge in [-0.25, -0.2) is 29.9 Å². The summed E-state index contributed by atoms with van der Waals surface area (Å²) in [6.45, 7) is 1.44. The van der Waals surface area contributed by atoms with E-state index in [0.717, 1.165) is 18.2 Å². The highest BCUT2D eigenvalue weighted by molar-refractivity contribution is 7.94. The highest BCUT2D eigenvalue weighted by Crippen LogP contribution is 2.34. The molecule has 0 aliphatic carbocycles. The minimum atomic E-state index is -4.48. The summed E-state index contributed by atoms with van der Waals surface area (Å²) in [5, 5.41) is 0. The lowest BCUT2D eigenvalue weighted by Gasteiger charge is -2.18. The number of hydrogen-bond acceptors (Lipinski definition) is 6. The molecule has 2 aromatic carbocycles. The first-order valence-corrected chi connectivity index (χ1v) is 11.3. The topological polar surface area (TPSA) is 110 Å². The van der Waals surface area contributed by atoms with Crippen LogP contribution in [0.2, 0.25) is 0 Å². The standard InChI is InChI=1S/C17H16F2N2O6S2/c1-10-9-28(23,24)21(17(10)22)12-4-6-15(27-2)16(8-12)29(25,26)20-14-5-3-11(18)7-13(14)19/h3-8,10,20H,9H2,1-2H3. The van der Waals surface area contributed by atoms with Crippen molar-refractivity contribution in [1.82, 2.24) is 0 Å². The van der Waals surface area contributed by atoms with Gasteiger partial charge >= 0.3 is 0 Å². The molecule has 1 amide bonds. The van der Waals surface area contributed by atoms with Gasteiger partial charge in [-0.3, -0.25) is 9.52 Å². The molecule has 12 heteroatoms. The van der Waals surface area contributed by atoms with Crippen molar-refractivity contribution in [3.63, 3.8) is 0 Å². The number of hydrogen-bond donors (Lipinski definition) is 1. The maximum atomic E-state index is 13.9. The monoisotopic (exact) mass is 446 g/mol. The van der Waals surface area contributed by atoms with Gasteiger partial charge in [0.05, 0.1) is 30.2 Å². The van der Waals surface area contributed by atoms with Crippen LogP contribution in [0, 0.1) is 17.6 Å².